The molecule has 2 N–H and O–H groups in total. The van der Waals surface area contributed by atoms with Gasteiger partial charge in [0.1, 0.15) is 5.82 Å². The van der Waals surface area contributed by atoms with Crippen LogP contribution in [0.3, 0.4) is 0 Å². The summed E-state index contributed by atoms with van der Waals surface area (Å²) in [4.78, 5) is 0. The molecule has 6 heteroatoms. The summed E-state index contributed by atoms with van der Waals surface area (Å²) in [6.45, 7) is 2.85. The van der Waals surface area contributed by atoms with Crippen LogP contribution >= 0.6 is 22.6 Å². The van der Waals surface area contributed by atoms with E-state index < -0.39 is 0 Å². The topological polar surface area (TPSA) is 56.7 Å². The van der Waals surface area contributed by atoms with Gasteiger partial charge in [-0.2, -0.15) is 0 Å². The molecule has 0 bridgehead atoms. The van der Waals surface area contributed by atoms with Crippen LogP contribution in [0.5, 0.6) is 0 Å². The molecule has 0 saturated carbocycles. The molecular formula is C12H14FIN4. The van der Waals surface area contributed by atoms with Crippen LogP contribution in [0.2, 0.25) is 0 Å². The van der Waals surface area contributed by atoms with E-state index in [1.54, 1.807) is 16.9 Å². The van der Waals surface area contributed by atoms with Gasteiger partial charge in [-0.05, 0) is 46.7 Å². The monoisotopic (exact) mass is 360 g/mol. The van der Waals surface area contributed by atoms with Gasteiger partial charge in [0, 0.05) is 10.1 Å². The highest BCUT2D eigenvalue weighted by molar-refractivity contribution is 14.1. The molecule has 0 radical (unpaired) electrons. The molecule has 2 aromatic rings. The van der Waals surface area contributed by atoms with Crippen molar-refractivity contribution in [1.29, 1.82) is 0 Å². The predicted octanol–water partition coefficient (Wildman–Crippen LogP) is 2.48. The van der Waals surface area contributed by atoms with Gasteiger partial charge in [0.05, 0.1) is 17.9 Å². The smallest absolute Gasteiger partial charge is 0.124 e. The van der Waals surface area contributed by atoms with Crippen molar-refractivity contribution in [2.75, 3.05) is 0 Å². The summed E-state index contributed by atoms with van der Waals surface area (Å²) < 4.78 is 15.7. The van der Waals surface area contributed by atoms with E-state index in [1.165, 1.54) is 12.1 Å². The van der Waals surface area contributed by atoms with E-state index in [9.17, 15) is 4.39 Å². The fourth-order valence-electron chi connectivity index (χ4n) is 1.81. The van der Waals surface area contributed by atoms with Crippen LogP contribution in [-0.2, 0) is 6.54 Å². The zero-order chi connectivity index (χ0) is 13.1. The van der Waals surface area contributed by atoms with Crippen molar-refractivity contribution >= 4 is 22.6 Å². The number of benzene rings is 1. The summed E-state index contributed by atoms with van der Waals surface area (Å²) in [5, 5.41) is 7.90. The minimum absolute atomic E-state index is 0.254. The van der Waals surface area contributed by atoms with Gasteiger partial charge in [-0.3, -0.25) is 0 Å². The summed E-state index contributed by atoms with van der Waals surface area (Å²) in [5.74, 6) is -0.254. The van der Waals surface area contributed by atoms with Gasteiger partial charge in [0.2, 0.25) is 0 Å². The lowest BCUT2D eigenvalue weighted by atomic mass is 10.1. The van der Waals surface area contributed by atoms with Crippen molar-refractivity contribution < 1.29 is 4.39 Å². The molecule has 0 aliphatic rings. The molecule has 1 atom stereocenters. The lowest BCUT2D eigenvalue weighted by Crippen LogP contribution is -2.18. The first-order valence-corrected chi connectivity index (χ1v) is 6.80. The third kappa shape index (κ3) is 2.69. The molecule has 18 heavy (non-hydrogen) atoms. The van der Waals surface area contributed by atoms with Gasteiger partial charge in [0.25, 0.3) is 0 Å². The van der Waals surface area contributed by atoms with Crippen molar-refractivity contribution in [2.24, 2.45) is 5.73 Å². The maximum Gasteiger partial charge on any atom is 0.124 e. The molecular weight excluding hydrogens is 346 g/mol. The van der Waals surface area contributed by atoms with E-state index in [0.717, 1.165) is 27.8 Å². The third-order valence-electron chi connectivity index (χ3n) is 2.70. The van der Waals surface area contributed by atoms with Crippen molar-refractivity contribution in [3.63, 3.8) is 0 Å². The standard InChI is InChI=1S/C12H14FIN4/c1-2-5-18-11(7-16-17-18)12(15)9-4-3-8(13)6-10(9)14/h3-4,6-7,12H,2,5,15H2,1H3. The molecule has 0 aliphatic carbocycles. The second-order valence-corrected chi connectivity index (χ2v) is 5.19. The lowest BCUT2D eigenvalue weighted by Gasteiger charge is -2.15. The quantitative estimate of drug-likeness (QED) is 0.853. The predicted molar refractivity (Wildman–Crippen MR) is 75.5 cm³/mol. The first kappa shape index (κ1) is 13.4. The molecule has 0 amide bonds. The lowest BCUT2D eigenvalue weighted by molar-refractivity contribution is 0.543. The number of nitrogens with zero attached hydrogens (tertiary/aromatic N) is 3. The molecule has 2 rings (SSSR count). The number of rotatable bonds is 4. The second-order valence-electron chi connectivity index (χ2n) is 4.03. The summed E-state index contributed by atoms with van der Waals surface area (Å²) in [6.07, 6.45) is 2.63. The Morgan fingerprint density at radius 3 is 2.94 bits per heavy atom. The Morgan fingerprint density at radius 2 is 2.28 bits per heavy atom. The van der Waals surface area contributed by atoms with Crippen molar-refractivity contribution in [3.8, 4) is 0 Å². The summed E-state index contributed by atoms with van der Waals surface area (Å²) in [6, 6.07) is 4.28. The number of halogens is 2. The fourth-order valence-corrected chi connectivity index (χ4v) is 2.62. The molecule has 1 aromatic heterocycles. The molecule has 1 aromatic carbocycles. The third-order valence-corrected chi connectivity index (χ3v) is 3.63. The summed E-state index contributed by atoms with van der Waals surface area (Å²) in [5.41, 5.74) is 7.95. The summed E-state index contributed by atoms with van der Waals surface area (Å²) in [7, 11) is 0. The zero-order valence-corrected chi connectivity index (χ0v) is 12.1. The minimum Gasteiger partial charge on any atom is -0.319 e. The Labute approximate surface area is 119 Å². The van der Waals surface area contributed by atoms with E-state index >= 15 is 0 Å². The Bertz CT molecular complexity index is 541. The van der Waals surface area contributed by atoms with Gasteiger partial charge >= 0.3 is 0 Å². The van der Waals surface area contributed by atoms with Crippen molar-refractivity contribution in [1.82, 2.24) is 15.0 Å². The van der Waals surface area contributed by atoms with Crippen LogP contribution in [0.4, 0.5) is 4.39 Å². The first-order valence-electron chi connectivity index (χ1n) is 5.72. The molecule has 0 aliphatic heterocycles. The number of aryl methyl sites for hydroxylation is 1. The first-order chi connectivity index (χ1) is 8.63. The van der Waals surface area contributed by atoms with E-state index in [2.05, 4.69) is 39.8 Å². The van der Waals surface area contributed by atoms with Crippen molar-refractivity contribution in [3.05, 3.63) is 45.0 Å². The van der Waals surface area contributed by atoms with Gasteiger partial charge in [-0.15, -0.1) is 5.10 Å². The Balaban J connectivity index is 2.35. The Kier molecular flexibility index (Phi) is 4.28. The van der Waals surface area contributed by atoms with Crippen LogP contribution in [0.1, 0.15) is 30.6 Å². The maximum absolute atomic E-state index is 13.1. The number of hydrogen-bond donors (Lipinski definition) is 1. The molecule has 0 saturated heterocycles. The molecule has 1 heterocycles. The van der Waals surface area contributed by atoms with Crippen LogP contribution in [0.15, 0.2) is 24.4 Å². The SMILES string of the molecule is CCCn1nncc1C(N)c1ccc(F)cc1I. The largest absolute Gasteiger partial charge is 0.319 e. The van der Waals surface area contributed by atoms with Gasteiger partial charge in [0.15, 0.2) is 0 Å². The van der Waals surface area contributed by atoms with E-state index in [1.807, 2.05) is 0 Å². The van der Waals surface area contributed by atoms with E-state index in [4.69, 9.17) is 5.73 Å². The van der Waals surface area contributed by atoms with E-state index in [0.29, 0.717) is 0 Å². The average molecular weight is 360 g/mol. The minimum atomic E-state index is -0.334. The molecule has 0 fully saturated rings. The molecule has 1 unspecified atom stereocenters. The van der Waals surface area contributed by atoms with Crippen LogP contribution in [0, 0.1) is 9.39 Å². The highest BCUT2D eigenvalue weighted by Crippen LogP contribution is 2.24. The Hall–Kier alpha value is -1.02. The number of nitrogens with two attached hydrogens (primary N) is 1. The zero-order valence-electron chi connectivity index (χ0n) is 9.98. The van der Waals surface area contributed by atoms with Gasteiger partial charge in [-0.25, -0.2) is 9.07 Å². The highest BCUT2D eigenvalue weighted by Gasteiger charge is 2.17. The number of aromatic nitrogens is 3. The fraction of sp³-hybridized carbons (Fsp3) is 0.333. The maximum atomic E-state index is 13.1. The Morgan fingerprint density at radius 1 is 1.50 bits per heavy atom. The average Bonchev–Trinajstić information content (AvgIpc) is 2.77. The van der Waals surface area contributed by atoms with Crippen LogP contribution < -0.4 is 5.73 Å². The van der Waals surface area contributed by atoms with Gasteiger partial charge < -0.3 is 5.73 Å². The second kappa shape index (κ2) is 5.75. The van der Waals surface area contributed by atoms with Crippen LogP contribution in [-0.4, -0.2) is 15.0 Å². The molecule has 96 valence electrons. The van der Waals surface area contributed by atoms with Gasteiger partial charge in [-0.1, -0.05) is 18.2 Å². The number of hydrogen-bond acceptors (Lipinski definition) is 3. The van der Waals surface area contributed by atoms with E-state index in [-0.39, 0.29) is 11.9 Å². The van der Waals surface area contributed by atoms with Crippen molar-refractivity contribution in [2.45, 2.75) is 25.9 Å². The molecule has 0 spiro atoms. The molecule has 4 nitrogen and oxygen atoms in total. The highest BCUT2D eigenvalue weighted by atomic mass is 127. The normalized spacial score (nSPS) is 12.7. The summed E-state index contributed by atoms with van der Waals surface area (Å²) >= 11 is 2.09. The van der Waals surface area contributed by atoms with Crippen LogP contribution in [0.25, 0.3) is 0 Å².